The van der Waals surface area contributed by atoms with Crippen LogP contribution in [0.5, 0.6) is 0 Å². The van der Waals surface area contributed by atoms with Crippen molar-refractivity contribution < 1.29 is 18.4 Å². The molecule has 0 aliphatic carbocycles. The lowest BCUT2D eigenvalue weighted by Crippen LogP contribution is -2.59. The van der Waals surface area contributed by atoms with E-state index in [1.54, 1.807) is 31.3 Å². The lowest BCUT2D eigenvalue weighted by Gasteiger charge is -2.40. The van der Waals surface area contributed by atoms with Crippen molar-refractivity contribution in [3.8, 4) is 0 Å². The molecule has 2 amide bonds. The zero-order valence-electron chi connectivity index (χ0n) is 24.3. The number of nitrogens with zero attached hydrogens (tertiary/aromatic N) is 2. The van der Waals surface area contributed by atoms with Gasteiger partial charge in [-0.05, 0) is 86.7 Å². The standard InChI is InChI=1S/C33H40F2N4O2/c1-22-18-23(2)32(24(3)19-22)37-31(40)21-38-16-17-39(30(20-38)33(41)36-4)15-5-6-29(25-7-11-27(34)12-8-25)26-9-13-28(35)14-10-26/h7-14,18-19,29-30H,5-6,15-17,20-21H2,1-4H3,(H,36,41)(H,37,40). The van der Waals surface area contributed by atoms with Crippen molar-refractivity contribution in [2.75, 3.05) is 45.1 Å². The third-order valence-electron chi connectivity index (χ3n) is 7.92. The zero-order chi connectivity index (χ0) is 29.5. The quantitative estimate of drug-likeness (QED) is 0.358. The number of benzene rings is 3. The molecule has 6 nitrogen and oxygen atoms in total. The normalized spacial score (nSPS) is 16.1. The number of piperazine rings is 1. The lowest BCUT2D eigenvalue weighted by molar-refractivity contribution is -0.129. The van der Waals surface area contributed by atoms with Gasteiger partial charge < -0.3 is 10.6 Å². The summed E-state index contributed by atoms with van der Waals surface area (Å²) in [6.45, 7) is 8.72. The van der Waals surface area contributed by atoms with Crippen molar-refractivity contribution in [1.82, 2.24) is 15.1 Å². The molecular weight excluding hydrogens is 522 g/mol. The largest absolute Gasteiger partial charge is 0.358 e. The van der Waals surface area contributed by atoms with E-state index in [0.29, 0.717) is 26.2 Å². The van der Waals surface area contributed by atoms with Crippen molar-refractivity contribution in [3.05, 3.63) is 100 Å². The summed E-state index contributed by atoms with van der Waals surface area (Å²) in [4.78, 5) is 30.0. The van der Waals surface area contributed by atoms with Gasteiger partial charge in [-0.3, -0.25) is 19.4 Å². The number of likely N-dealkylation sites (N-methyl/N-ethyl adjacent to an activating group) is 1. The van der Waals surface area contributed by atoms with Crippen LogP contribution in [0.3, 0.4) is 0 Å². The number of carbonyl (C=O) groups excluding carboxylic acids is 2. The molecule has 0 aromatic heterocycles. The van der Waals surface area contributed by atoms with Crippen LogP contribution in [0.2, 0.25) is 0 Å². The maximum Gasteiger partial charge on any atom is 0.238 e. The number of anilines is 1. The minimum absolute atomic E-state index is 0.0201. The van der Waals surface area contributed by atoms with Gasteiger partial charge in [0.25, 0.3) is 0 Å². The van der Waals surface area contributed by atoms with E-state index in [9.17, 15) is 18.4 Å². The molecule has 1 aliphatic heterocycles. The minimum Gasteiger partial charge on any atom is -0.358 e. The van der Waals surface area contributed by atoms with Gasteiger partial charge in [-0.2, -0.15) is 0 Å². The van der Waals surface area contributed by atoms with Crippen LogP contribution >= 0.6 is 0 Å². The van der Waals surface area contributed by atoms with Crippen LogP contribution in [0.15, 0.2) is 60.7 Å². The summed E-state index contributed by atoms with van der Waals surface area (Å²) in [5.41, 5.74) is 6.00. The van der Waals surface area contributed by atoms with Crippen molar-refractivity contribution in [2.45, 2.75) is 45.6 Å². The average molecular weight is 563 g/mol. The first-order valence-electron chi connectivity index (χ1n) is 14.2. The highest BCUT2D eigenvalue weighted by Crippen LogP contribution is 2.30. The monoisotopic (exact) mass is 562 g/mol. The van der Waals surface area contributed by atoms with Gasteiger partial charge in [-0.25, -0.2) is 8.78 Å². The molecule has 1 unspecified atom stereocenters. The topological polar surface area (TPSA) is 64.7 Å². The van der Waals surface area contributed by atoms with E-state index in [2.05, 4.69) is 27.7 Å². The van der Waals surface area contributed by atoms with Crippen LogP contribution in [-0.4, -0.2) is 67.4 Å². The Morgan fingerprint density at radius 3 is 2.00 bits per heavy atom. The van der Waals surface area contributed by atoms with E-state index in [1.807, 2.05) is 25.7 Å². The fourth-order valence-corrected chi connectivity index (χ4v) is 5.88. The summed E-state index contributed by atoms with van der Waals surface area (Å²) >= 11 is 0. The Bertz CT molecular complexity index is 1280. The molecule has 8 heteroatoms. The molecule has 1 fully saturated rings. The predicted molar refractivity (Wildman–Crippen MR) is 159 cm³/mol. The third-order valence-corrected chi connectivity index (χ3v) is 7.92. The molecule has 218 valence electrons. The summed E-state index contributed by atoms with van der Waals surface area (Å²) in [7, 11) is 1.63. The molecule has 1 heterocycles. The van der Waals surface area contributed by atoms with E-state index in [1.165, 1.54) is 24.3 Å². The first-order valence-corrected chi connectivity index (χ1v) is 14.2. The molecule has 0 bridgehead atoms. The van der Waals surface area contributed by atoms with Crippen LogP contribution in [0, 0.1) is 32.4 Å². The Labute approximate surface area is 241 Å². The van der Waals surface area contributed by atoms with Gasteiger partial charge in [-0.15, -0.1) is 0 Å². The van der Waals surface area contributed by atoms with Crippen molar-refractivity contribution in [3.63, 3.8) is 0 Å². The number of nitrogens with one attached hydrogen (secondary N) is 2. The van der Waals surface area contributed by atoms with E-state index < -0.39 is 0 Å². The van der Waals surface area contributed by atoms with Crippen molar-refractivity contribution >= 4 is 17.5 Å². The predicted octanol–water partition coefficient (Wildman–Crippen LogP) is 5.17. The van der Waals surface area contributed by atoms with Gasteiger partial charge in [0, 0.05) is 38.3 Å². The van der Waals surface area contributed by atoms with Crippen LogP contribution < -0.4 is 10.6 Å². The third kappa shape index (κ3) is 7.99. The number of carbonyl (C=O) groups is 2. The van der Waals surface area contributed by atoms with Crippen LogP contribution in [0.1, 0.15) is 46.6 Å². The molecule has 3 aromatic carbocycles. The summed E-state index contributed by atoms with van der Waals surface area (Å²) in [6, 6.07) is 16.6. The molecule has 4 rings (SSSR count). The van der Waals surface area contributed by atoms with Gasteiger partial charge >= 0.3 is 0 Å². The highest BCUT2D eigenvalue weighted by Gasteiger charge is 2.32. The van der Waals surface area contributed by atoms with E-state index in [4.69, 9.17) is 0 Å². The van der Waals surface area contributed by atoms with Gasteiger partial charge in [0.1, 0.15) is 17.7 Å². The molecule has 1 aliphatic rings. The second-order valence-corrected chi connectivity index (χ2v) is 11.0. The average Bonchev–Trinajstić information content (AvgIpc) is 2.94. The van der Waals surface area contributed by atoms with Crippen LogP contribution in [0.4, 0.5) is 14.5 Å². The molecule has 0 saturated carbocycles. The van der Waals surface area contributed by atoms with E-state index in [-0.39, 0.29) is 42.0 Å². The molecular formula is C33H40F2N4O2. The molecule has 0 spiro atoms. The molecule has 41 heavy (non-hydrogen) atoms. The maximum absolute atomic E-state index is 13.6. The fraction of sp³-hybridized carbons (Fsp3) is 0.394. The summed E-state index contributed by atoms with van der Waals surface area (Å²) in [5.74, 6) is -0.778. The Kier molecular flexibility index (Phi) is 10.2. The Morgan fingerprint density at radius 2 is 1.46 bits per heavy atom. The van der Waals surface area contributed by atoms with Gasteiger partial charge in [0.2, 0.25) is 11.8 Å². The molecule has 0 radical (unpaired) electrons. The minimum atomic E-state index is -0.375. The Hall–Kier alpha value is -3.62. The second-order valence-electron chi connectivity index (χ2n) is 11.0. The molecule has 3 aromatic rings. The molecule has 1 saturated heterocycles. The first kappa shape index (κ1) is 30.3. The van der Waals surface area contributed by atoms with Crippen LogP contribution in [0.25, 0.3) is 0 Å². The maximum atomic E-state index is 13.6. The van der Waals surface area contributed by atoms with Gasteiger partial charge in [-0.1, -0.05) is 42.0 Å². The number of hydrogen-bond donors (Lipinski definition) is 2. The zero-order valence-corrected chi connectivity index (χ0v) is 24.3. The van der Waals surface area contributed by atoms with E-state index in [0.717, 1.165) is 46.3 Å². The first-order chi connectivity index (χ1) is 19.6. The summed E-state index contributed by atoms with van der Waals surface area (Å²) in [5, 5.41) is 5.85. The number of aryl methyl sites for hydroxylation is 3. The number of rotatable bonds is 10. The lowest BCUT2D eigenvalue weighted by atomic mass is 9.87. The van der Waals surface area contributed by atoms with Crippen molar-refractivity contribution in [2.24, 2.45) is 0 Å². The van der Waals surface area contributed by atoms with Crippen molar-refractivity contribution in [1.29, 1.82) is 0 Å². The highest BCUT2D eigenvalue weighted by atomic mass is 19.1. The number of hydrogen-bond acceptors (Lipinski definition) is 4. The van der Waals surface area contributed by atoms with Crippen LogP contribution in [-0.2, 0) is 9.59 Å². The molecule has 1 atom stereocenters. The smallest absolute Gasteiger partial charge is 0.238 e. The summed E-state index contributed by atoms with van der Waals surface area (Å²) in [6.07, 6.45) is 1.55. The van der Waals surface area contributed by atoms with E-state index >= 15 is 0 Å². The number of amides is 2. The summed E-state index contributed by atoms with van der Waals surface area (Å²) < 4.78 is 27.2. The van der Waals surface area contributed by atoms with Gasteiger partial charge in [0.15, 0.2) is 0 Å². The SMILES string of the molecule is CNC(=O)C1CN(CC(=O)Nc2c(C)cc(C)cc2C)CCN1CCCC(c1ccc(F)cc1)c1ccc(F)cc1. The highest BCUT2D eigenvalue weighted by molar-refractivity contribution is 5.94. The second kappa shape index (κ2) is 13.8. The number of halogens is 2. The van der Waals surface area contributed by atoms with Gasteiger partial charge in [0.05, 0.1) is 6.54 Å². The molecule has 2 N–H and O–H groups in total. The Morgan fingerprint density at radius 1 is 0.902 bits per heavy atom. The fourth-order valence-electron chi connectivity index (χ4n) is 5.88. The Balaban J connectivity index is 1.38.